The molecule has 0 unspecified atom stereocenters. The third-order valence-electron chi connectivity index (χ3n) is 4.50. The van der Waals surface area contributed by atoms with Crippen molar-refractivity contribution >= 4 is 17.8 Å². The molecule has 1 aliphatic rings. The number of nitrogen functional groups attached to an aromatic ring is 2. The van der Waals surface area contributed by atoms with E-state index in [1.165, 1.54) is 19.3 Å². The zero-order valence-electron chi connectivity index (χ0n) is 14.6. The Kier molecular flexibility index (Phi) is 5.06. The SMILES string of the molecule is COc1ccc(CN(CC2CCC2)c2nc(N)nc(N)n2)c(OC)c1. The van der Waals surface area contributed by atoms with Gasteiger partial charge >= 0.3 is 0 Å². The first-order valence-corrected chi connectivity index (χ1v) is 8.32. The molecule has 0 amide bonds. The van der Waals surface area contributed by atoms with Gasteiger partial charge in [-0.3, -0.25) is 0 Å². The zero-order valence-corrected chi connectivity index (χ0v) is 14.6. The number of ether oxygens (including phenoxy) is 2. The van der Waals surface area contributed by atoms with Crippen LogP contribution in [-0.4, -0.2) is 35.7 Å². The molecule has 134 valence electrons. The molecule has 2 aromatic rings. The molecule has 8 nitrogen and oxygen atoms in total. The van der Waals surface area contributed by atoms with E-state index in [0.29, 0.717) is 18.4 Å². The van der Waals surface area contributed by atoms with Crippen LogP contribution in [0.4, 0.5) is 17.8 Å². The van der Waals surface area contributed by atoms with E-state index in [0.717, 1.165) is 23.6 Å². The number of methoxy groups -OCH3 is 2. The molecule has 1 aromatic carbocycles. The van der Waals surface area contributed by atoms with Gasteiger partial charge in [0.1, 0.15) is 11.5 Å². The van der Waals surface area contributed by atoms with Gasteiger partial charge in [-0.2, -0.15) is 15.0 Å². The Balaban J connectivity index is 1.89. The highest BCUT2D eigenvalue weighted by molar-refractivity contribution is 5.45. The molecule has 0 atom stereocenters. The van der Waals surface area contributed by atoms with E-state index in [1.807, 2.05) is 18.2 Å². The zero-order chi connectivity index (χ0) is 17.8. The predicted octanol–water partition coefficient (Wildman–Crippen LogP) is 1.86. The van der Waals surface area contributed by atoms with Crippen molar-refractivity contribution in [1.82, 2.24) is 15.0 Å². The molecule has 3 rings (SSSR count). The molecule has 0 saturated heterocycles. The summed E-state index contributed by atoms with van der Waals surface area (Å²) in [4.78, 5) is 14.5. The van der Waals surface area contributed by atoms with E-state index in [1.54, 1.807) is 14.2 Å². The van der Waals surface area contributed by atoms with Crippen molar-refractivity contribution in [3.8, 4) is 11.5 Å². The Labute approximate surface area is 147 Å². The highest BCUT2D eigenvalue weighted by Gasteiger charge is 2.24. The standard InChI is InChI=1S/C17H24N6O2/c1-24-13-7-6-12(14(8-13)25-2)10-23(9-11-4-3-5-11)17-21-15(18)20-16(19)22-17/h6-8,11H,3-5,9-10H2,1-2H3,(H4,18,19,20,21,22). The first-order chi connectivity index (χ1) is 12.1. The van der Waals surface area contributed by atoms with Gasteiger partial charge in [0.2, 0.25) is 17.8 Å². The largest absolute Gasteiger partial charge is 0.497 e. The summed E-state index contributed by atoms with van der Waals surface area (Å²) in [5.41, 5.74) is 12.5. The van der Waals surface area contributed by atoms with Crippen LogP contribution in [0, 0.1) is 5.92 Å². The van der Waals surface area contributed by atoms with Crippen LogP contribution in [0.25, 0.3) is 0 Å². The molecular formula is C17H24N6O2. The molecule has 0 aliphatic heterocycles. The lowest BCUT2D eigenvalue weighted by atomic mass is 9.85. The maximum atomic E-state index is 5.75. The molecule has 0 spiro atoms. The monoisotopic (exact) mass is 344 g/mol. The third kappa shape index (κ3) is 4.01. The molecule has 0 radical (unpaired) electrons. The van der Waals surface area contributed by atoms with Gasteiger partial charge in [-0.15, -0.1) is 0 Å². The first kappa shape index (κ1) is 17.1. The summed E-state index contributed by atoms with van der Waals surface area (Å²) in [5, 5.41) is 0. The van der Waals surface area contributed by atoms with Gasteiger partial charge < -0.3 is 25.8 Å². The van der Waals surface area contributed by atoms with E-state index in [-0.39, 0.29) is 11.9 Å². The number of nitrogens with two attached hydrogens (primary N) is 2. The predicted molar refractivity (Wildman–Crippen MR) is 96.6 cm³/mol. The maximum absolute atomic E-state index is 5.75. The summed E-state index contributed by atoms with van der Waals surface area (Å²) in [7, 11) is 3.28. The van der Waals surface area contributed by atoms with Crippen LogP contribution in [0.15, 0.2) is 18.2 Å². The first-order valence-electron chi connectivity index (χ1n) is 8.32. The number of rotatable bonds is 7. The smallest absolute Gasteiger partial charge is 0.232 e. The second kappa shape index (κ2) is 7.42. The van der Waals surface area contributed by atoms with Crippen molar-refractivity contribution in [2.24, 2.45) is 5.92 Å². The summed E-state index contributed by atoms with van der Waals surface area (Å²) < 4.78 is 10.8. The summed E-state index contributed by atoms with van der Waals surface area (Å²) in [6.45, 7) is 1.44. The van der Waals surface area contributed by atoms with E-state index in [9.17, 15) is 0 Å². The van der Waals surface area contributed by atoms with Gasteiger partial charge in [0.05, 0.1) is 14.2 Å². The number of hydrogen-bond donors (Lipinski definition) is 2. The summed E-state index contributed by atoms with van der Waals surface area (Å²) in [5.74, 6) is 2.89. The van der Waals surface area contributed by atoms with Crippen LogP contribution in [-0.2, 0) is 6.54 Å². The number of aromatic nitrogens is 3. The Morgan fingerprint density at radius 2 is 1.80 bits per heavy atom. The molecule has 1 aromatic heterocycles. The van der Waals surface area contributed by atoms with Crippen LogP contribution in [0.2, 0.25) is 0 Å². The van der Waals surface area contributed by atoms with Crippen molar-refractivity contribution in [2.75, 3.05) is 37.1 Å². The van der Waals surface area contributed by atoms with Crippen LogP contribution >= 0.6 is 0 Å². The van der Waals surface area contributed by atoms with Gasteiger partial charge in [0, 0.05) is 24.7 Å². The molecular weight excluding hydrogens is 320 g/mol. The Morgan fingerprint density at radius 3 is 2.36 bits per heavy atom. The fraction of sp³-hybridized carbons (Fsp3) is 0.471. The molecule has 0 bridgehead atoms. The minimum absolute atomic E-state index is 0.128. The van der Waals surface area contributed by atoms with Crippen molar-refractivity contribution in [3.63, 3.8) is 0 Å². The fourth-order valence-electron chi connectivity index (χ4n) is 2.93. The van der Waals surface area contributed by atoms with Gasteiger partial charge in [-0.05, 0) is 30.9 Å². The topological polar surface area (TPSA) is 112 Å². The number of benzene rings is 1. The van der Waals surface area contributed by atoms with Crippen molar-refractivity contribution in [2.45, 2.75) is 25.8 Å². The van der Waals surface area contributed by atoms with Gasteiger partial charge in [0.15, 0.2) is 0 Å². The molecule has 1 saturated carbocycles. The lowest BCUT2D eigenvalue weighted by Gasteiger charge is -2.32. The Hall–Kier alpha value is -2.77. The normalized spacial score (nSPS) is 14.0. The number of hydrogen-bond acceptors (Lipinski definition) is 8. The van der Waals surface area contributed by atoms with Crippen LogP contribution in [0.3, 0.4) is 0 Å². The molecule has 1 aliphatic carbocycles. The number of anilines is 3. The van der Waals surface area contributed by atoms with E-state index >= 15 is 0 Å². The highest BCUT2D eigenvalue weighted by Crippen LogP contribution is 2.31. The second-order valence-corrected chi connectivity index (χ2v) is 6.21. The summed E-state index contributed by atoms with van der Waals surface area (Å²) >= 11 is 0. The third-order valence-corrected chi connectivity index (χ3v) is 4.50. The quantitative estimate of drug-likeness (QED) is 0.782. The molecule has 25 heavy (non-hydrogen) atoms. The lowest BCUT2D eigenvalue weighted by molar-refractivity contribution is 0.315. The average Bonchev–Trinajstić information content (AvgIpc) is 2.56. The van der Waals surface area contributed by atoms with Crippen molar-refractivity contribution in [1.29, 1.82) is 0 Å². The maximum Gasteiger partial charge on any atom is 0.232 e. The van der Waals surface area contributed by atoms with Crippen molar-refractivity contribution in [3.05, 3.63) is 23.8 Å². The second-order valence-electron chi connectivity index (χ2n) is 6.21. The van der Waals surface area contributed by atoms with Gasteiger partial charge in [-0.25, -0.2) is 0 Å². The Morgan fingerprint density at radius 1 is 1.08 bits per heavy atom. The van der Waals surface area contributed by atoms with Crippen LogP contribution in [0.5, 0.6) is 11.5 Å². The van der Waals surface area contributed by atoms with Gasteiger partial charge in [-0.1, -0.05) is 6.42 Å². The van der Waals surface area contributed by atoms with Crippen LogP contribution in [0.1, 0.15) is 24.8 Å². The summed E-state index contributed by atoms with van der Waals surface area (Å²) in [6.07, 6.45) is 3.70. The van der Waals surface area contributed by atoms with E-state index in [4.69, 9.17) is 20.9 Å². The minimum atomic E-state index is 0.128. The molecule has 1 heterocycles. The molecule has 1 fully saturated rings. The van der Waals surface area contributed by atoms with Crippen LogP contribution < -0.4 is 25.8 Å². The average molecular weight is 344 g/mol. The van der Waals surface area contributed by atoms with Gasteiger partial charge in [0.25, 0.3) is 0 Å². The fourth-order valence-corrected chi connectivity index (χ4v) is 2.93. The minimum Gasteiger partial charge on any atom is -0.497 e. The van der Waals surface area contributed by atoms with Crippen molar-refractivity contribution < 1.29 is 9.47 Å². The van der Waals surface area contributed by atoms with E-state index in [2.05, 4.69) is 19.9 Å². The molecule has 8 heteroatoms. The summed E-state index contributed by atoms with van der Waals surface area (Å²) in [6, 6.07) is 5.77. The van der Waals surface area contributed by atoms with E-state index < -0.39 is 0 Å². The number of nitrogens with zero attached hydrogens (tertiary/aromatic N) is 4. The molecule has 4 N–H and O–H groups in total. The lowest BCUT2D eigenvalue weighted by Crippen LogP contribution is -2.34. The highest BCUT2D eigenvalue weighted by atomic mass is 16.5. The Bertz CT molecular complexity index is 715.